The maximum atomic E-state index is 5.99. The summed E-state index contributed by atoms with van der Waals surface area (Å²) in [7, 11) is 0. The van der Waals surface area contributed by atoms with Crippen molar-refractivity contribution in [1.82, 2.24) is 20.3 Å². The number of rotatable bonds is 6. The van der Waals surface area contributed by atoms with E-state index in [1.807, 2.05) is 28.9 Å². The number of benzene rings is 2. The van der Waals surface area contributed by atoms with Crippen molar-refractivity contribution < 1.29 is 0 Å². The second kappa shape index (κ2) is 6.77. The Bertz CT molecular complexity index is 915. The van der Waals surface area contributed by atoms with Crippen LogP contribution in [0.4, 0.5) is 0 Å². The average Bonchev–Trinajstić information content (AvgIpc) is 3.28. The molecular weight excluding hydrogens is 356 g/mol. The first kappa shape index (κ1) is 17.0. The van der Waals surface area contributed by atoms with Crippen molar-refractivity contribution in [2.45, 2.75) is 43.1 Å². The van der Waals surface area contributed by atoms with Gasteiger partial charge in [-0.2, -0.15) is 0 Å². The summed E-state index contributed by atoms with van der Waals surface area (Å²) in [6.45, 7) is 0.986. The fourth-order valence-electron chi connectivity index (χ4n) is 4.17. The van der Waals surface area contributed by atoms with Crippen molar-refractivity contribution in [2.24, 2.45) is 0 Å². The largest absolute Gasteiger partial charge is 0.312 e. The van der Waals surface area contributed by atoms with Crippen molar-refractivity contribution in [3.8, 4) is 5.69 Å². The minimum absolute atomic E-state index is 0.133. The van der Waals surface area contributed by atoms with Crippen molar-refractivity contribution in [2.75, 3.05) is 6.54 Å². The molecule has 2 aliphatic rings. The van der Waals surface area contributed by atoms with Crippen molar-refractivity contribution in [3.63, 3.8) is 0 Å². The quantitative estimate of drug-likeness (QED) is 0.687. The summed E-state index contributed by atoms with van der Waals surface area (Å²) in [6, 6.07) is 19.1. The molecule has 138 valence electrons. The van der Waals surface area contributed by atoms with Crippen LogP contribution in [0.3, 0.4) is 0 Å². The highest BCUT2D eigenvalue weighted by Gasteiger charge is 2.44. The highest BCUT2D eigenvalue weighted by atomic mass is 35.5. The summed E-state index contributed by atoms with van der Waals surface area (Å²) >= 11 is 5.99. The molecule has 0 bridgehead atoms. The third kappa shape index (κ3) is 3.28. The molecule has 5 rings (SSSR count). The maximum Gasteiger partial charge on any atom is 0.0906 e. The van der Waals surface area contributed by atoms with E-state index in [0.717, 1.165) is 22.9 Å². The van der Waals surface area contributed by atoms with E-state index in [-0.39, 0.29) is 5.41 Å². The van der Waals surface area contributed by atoms with Crippen LogP contribution in [0.2, 0.25) is 5.02 Å². The Morgan fingerprint density at radius 3 is 2.56 bits per heavy atom. The van der Waals surface area contributed by atoms with Crippen LogP contribution >= 0.6 is 11.6 Å². The van der Waals surface area contributed by atoms with E-state index >= 15 is 0 Å². The summed E-state index contributed by atoms with van der Waals surface area (Å²) in [5.41, 5.74) is 3.68. The predicted octanol–water partition coefficient (Wildman–Crippen LogP) is 4.49. The number of nitrogens with one attached hydrogen (secondary N) is 1. The van der Waals surface area contributed by atoms with Gasteiger partial charge in [0, 0.05) is 28.9 Å². The summed E-state index contributed by atoms with van der Waals surface area (Å²) in [6.07, 6.45) is 6.95. The zero-order valence-electron chi connectivity index (χ0n) is 15.2. The molecule has 1 heterocycles. The van der Waals surface area contributed by atoms with Crippen molar-refractivity contribution >= 4 is 11.6 Å². The molecule has 1 aromatic heterocycles. The third-order valence-electron chi connectivity index (χ3n) is 6.16. The standard InChI is InChI=1S/C22H23ClN4/c23-17-7-9-18(10-8-17)27-14-21(25-26-27)22(11-4-12-22)15-24-20-13-19(20)16-5-2-1-3-6-16/h1-3,5-10,14,19-20,24H,4,11-13,15H2/t19?,20-/m0/s1. The molecule has 1 N–H and O–H groups in total. The lowest BCUT2D eigenvalue weighted by atomic mass is 9.66. The van der Waals surface area contributed by atoms with Gasteiger partial charge < -0.3 is 5.32 Å². The van der Waals surface area contributed by atoms with Crippen LogP contribution < -0.4 is 5.32 Å². The Morgan fingerprint density at radius 2 is 1.85 bits per heavy atom. The molecule has 2 aromatic carbocycles. The van der Waals surface area contributed by atoms with E-state index in [2.05, 4.69) is 52.2 Å². The van der Waals surface area contributed by atoms with Gasteiger partial charge in [-0.1, -0.05) is 53.6 Å². The first-order chi connectivity index (χ1) is 13.2. The van der Waals surface area contributed by atoms with Gasteiger partial charge in [-0.25, -0.2) is 4.68 Å². The van der Waals surface area contributed by atoms with Crippen LogP contribution in [0.1, 0.15) is 42.9 Å². The summed E-state index contributed by atoms with van der Waals surface area (Å²) in [5, 5.41) is 13.4. The summed E-state index contributed by atoms with van der Waals surface area (Å²) < 4.78 is 1.86. The first-order valence-corrected chi connectivity index (χ1v) is 10.1. The Labute approximate surface area is 164 Å². The third-order valence-corrected chi connectivity index (χ3v) is 6.41. The first-order valence-electron chi connectivity index (χ1n) is 9.71. The van der Waals surface area contributed by atoms with Crippen LogP contribution in [-0.2, 0) is 5.41 Å². The highest BCUT2D eigenvalue weighted by Crippen LogP contribution is 2.45. The number of hydrogen-bond donors (Lipinski definition) is 1. The topological polar surface area (TPSA) is 42.7 Å². The van der Waals surface area contributed by atoms with Crippen LogP contribution in [0.15, 0.2) is 60.8 Å². The molecule has 2 atom stereocenters. The zero-order chi connectivity index (χ0) is 18.3. The van der Waals surface area contributed by atoms with Crippen molar-refractivity contribution in [3.05, 3.63) is 77.1 Å². The molecule has 0 amide bonds. The Kier molecular flexibility index (Phi) is 4.25. The molecule has 0 spiro atoms. The van der Waals surface area contributed by atoms with E-state index in [4.69, 9.17) is 11.6 Å². The Balaban J connectivity index is 1.27. The molecule has 1 unspecified atom stereocenters. The van der Waals surface area contributed by atoms with Gasteiger partial charge in [-0.3, -0.25) is 0 Å². The predicted molar refractivity (Wildman–Crippen MR) is 107 cm³/mol. The molecule has 2 aliphatic carbocycles. The normalized spacial score (nSPS) is 23.0. The van der Waals surface area contributed by atoms with Gasteiger partial charge >= 0.3 is 0 Å². The SMILES string of the molecule is Clc1ccc(-n2cc(C3(CN[C@H]4CC4c4ccccc4)CCC3)nn2)cc1. The van der Waals surface area contributed by atoms with E-state index in [9.17, 15) is 0 Å². The van der Waals surface area contributed by atoms with Crippen LogP contribution in [-0.4, -0.2) is 27.6 Å². The molecule has 0 saturated heterocycles. The molecule has 3 aromatic rings. The molecule has 0 radical (unpaired) electrons. The van der Waals surface area contributed by atoms with Gasteiger partial charge in [-0.05, 0) is 49.1 Å². The minimum Gasteiger partial charge on any atom is -0.312 e. The lowest BCUT2D eigenvalue weighted by Gasteiger charge is -2.40. The molecule has 0 aliphatic heterocycles. The van der Waals surface area contributed by atoms with Gasteiger partial charge in [0.05, 0.1) is 17.6 Å². The number of hydrogen-bond acceptors (Lipinski definition) is 3. The average molecular weight is 379 g/mol. The molecule has 5 heteroatoms. The lowest BCUT2D eigenvalue weighted by molar-refractivity contribution is 0.226. The monoisotopic (exact) mass is 378 g/mol. The van der Waals surface area contributed by atoms with Gasteiger partial charge in [0.2, 0.25) is 0 Å². The molecular formula is C22H23ClN4. The summed E-state index contributed by atoms with van der Waals surface area (Å²) in [4.78, 5) is 0. The fourth-order valence-corrected chi connectivity index (χ4v) is 4.30. The fraction of sp³-hybridized carbons (Fsp3) is 0.364. The van der Waals surface area contributed by atoms with E-state index in [0.29, 0.717) is 12.0 Å². The molecule has 4 nitrogen and oxygen atoms in total. The number of aromatic nitrogens is 3. The van der Waals surface area contributed by atoms with Crippen LogP contribution in [0.5, 0.6) is 0 Å². The Morgan fingerprint density at radius 1 is 1.07 bits per heavy atom. The van der Waals surface area contributed by atoms with E-state index in [1.165, 1.54) is 31.2 Å². The van der Waals surface area contributed by atoms with Crippen LogP contribution in [0.25, 0.3) is 5.69 Å². The summed E-state index contributed by atoms with van der Waals surface area (Å²) in [5.74, 6) is 0.660. The van der Waals surface area contributed by atoms with Gasteiger partial charge in [0.1, 0.15) is 0 Å². The minimum atomic E-state index is 0.133. The second-order valence-electron chi connectivity index (χ2n) is 7.90. The molecule has 27 heavy (non-hydrogen) atoms. The van der Waals surface area contributed by atoms with Gasteiger partial charge in [0.25, 0.3) is 0 Å². The Hall–Kier alpha value is -2.17. The highest BCUT2D eigenvalue weighted by molar-refractivity contribution is 6.30. The molecule has 2 fully saturated rings. The van der Waals surface area contributed by atoms with Gasteiger partial charge in [0.15, 0.2) is 0 Å². The maximum absolute atomic E-state index is 5.99. The molecule has 2 saturated carbocycles. The number of nitrogens with zero attached hydrogens (tertiary/aromatic N) is 3. The zero-order valence-corrected chi connectivity index (χ0v) is 15.9. The van der Waals surface area contributed by atoms with E-state index in [1.54, 1.807) is 0 Å². The van der Waals surface area contributed by atoms with Crippen LogP contribution in [0, 0.1) is 0 Å². The number of halogens is 1. The lowest BCUT2D eigenvalue weighted by Crippen LogP contribution is -2.45. The second-order valence-corrected chi connectivity index (χ2v) is 8.34. The smallest absolute Gasteiger partial charge is 0.0906 e. The van der Waals surface area contributed by atoms with Crippen molar-refractivity contribution in [1.29, 1.82) is 0 Å². The van der Waals surface area contributed by atoms with Gasteiger partial charge in [-0.15, -0.1) is 5.10 Å². The van der Waals surface area contributed by atoms with E-state index < -0.39 is 0 Å².